The number of carbonyl (C=O) groups is 3. The minimum Gasteiger partial charge on any atom is -0.481 e. The van der Waals surface area contributed by atoms with Crippen molar-refractivity contribution in [3.8, 4) is 0 Å². The number of hydrogen-bond donors (Lipinski definition) is 1. The van der Waals surface area contributed by atoms with Gasteiger partial charge in [-0.1, -0.05) is 39.5 Å². The molecule has 0 aromatic carbocycles. The van der Waals surface area contributed by atoms with Crippen molar-refractivity contribution in [1.82, 2.24) is 0 Å². The highest BCUT2D eigenvalue weighted by molar-refractivity contribution is 5.85. The summed E-state index contributed by atoms with van der Waals surface area (Å²) >= 11 is 0. The SMILES string of the molecule is CC(C)CCCC(F)(F)CC(=O)C[C@@H]1CCC(=O)[C@@H]1CCCCCCC(=O)O. The van der Waals surface area contributed by atoms with Gasteiger partial charge in [0.25, 0.3) is 5.92 Å². The first-order valence-corrected chi connectivity index (χ1v) is 10.7. The summed E-state index contributed by atoms with van der Waals surface area (Å²) < 4.78 is 28.0. The van der Waals surface area contributed by atoms with E-state index in [4.69, 9.17) is 5.11 Å². The Morgan fingerprint density at radius 3 is 2.46 bits per heavy atom. The highest BCUT2D eigenvalue weighted by Crippen LogP contribution is 2.37. The van der Waals surface area contributed by atoms with Crippen LogP contribution >= 0.6 is 0 Å². The molecule has 0 saturated heterocycles. The highest BCUT2D eigenvalue weighted by Gasteiger charge is 2.37. The molecule has 1 rings (SSSR count). The number of alkyl halides is 2. The number of hydrogen-bond acceptors (Lipinski definition) is 3. The molecular formula is C22H36F2O4. The summed E-state index contributed by atoms with van der Waals surface area (Å²) in [6.45, 7) is 3.99. The molecule has 0 amide bonds. The molecule has 0 aliphatic heterocycles. The Hall–Kier alpha value is -1.33. The zero-order valence-corrected chi connectivity index (χ0v) is 17.4. The topological polar surface area (TPSA) is 71.4 Å². The molecule has 1 aliphatic carbocycles. The van der Waals surface area contributed by atoms with Crippen molar-refractivity contribution in [2.75, 3.05) is 0 Å². The normalized spacial score (nSPS) is 20.1. The van der Waals surface area contributed by atoms with Gasteiger partial charge >= 0.3 is 5.97 Å². The van der Waals surface area contributed by atoms with Crippen LogP contribution in [0.15, 0.2) is 0 Å². The maximum atomic E-state index is 14.0. The fourth-order valence-electron chi connectivity index (χ4n) is 4.12. The van der Waals surface area contributed by atoms with E-state index in [2.05, 4.69) is 0 Å². The van der Waals surface area contributed by atoms with Gasteiger partial charge in [0, 0.05) is 31.6 Å². The second-order valence-corrected chi connectivity index (χ2v) is 8.78. The van der Waals surface area contributed by atoms with E-state index < -0.39 is 24.1 Å². The second-order valence-electron chi connectivity index (χ2n) is 8.78. The number of carboxylic acids is 1. The largest absolute Gasteiger partial charge is 0.481 e. The lowest BCUT2D eigenvalue weighted by Gasteiger charge is -2.20. The quantitative estimate of drug-likeness (QED) is 0.350. The molecule has 1 fully saturated rings. The van der Waals surface area contributed by atoms with E-state index in [0.29, 0.717) is 38.0 Å². The molecule has 2 atom stereocenters. The van der Waals surface area contributed by atoms with E-state index in [0.717, 1.165) is 25.7 Å². The zero-order valence-electron chi connectivity index (χ0n) is 17.4. The van der Waals surface area contributed by atoms with Crippen LogP contribution in [0.5, 0.6) is 0 Å². The Bertz CT molecular complexity index is 517. The van der Waals surface area contributed by atoms with Gasteiger partial charge in [-0.25, -0.2) is 8.78 Å². The third kappa shape index (κ3) is 10.3. The van der Waals surface area contributed by atoms with Crippen molar-refractivity contribution in [3.05, 3.63) is 0 Å². The van der Waals surface area contributed by atoms with E-state index in [-0.39, 0.29) is 36.9 Å². The minimum atomic E-state index is -2.95. The number of unbranched alkanes of at least 4 members (excludes halogenated alkanes) is 3. The Morgan fingerprint density at radius 2 is 1.82 bits per heavy atom. The van der Waals surface area contributed by atoms with Crippen LogP contribution in [0.4, 0.5) is 8.78 Å². The van der Waals surface area contributed by atoms with E-state index in [1.54, 1.807) is 0 Å². The van der Waals surface area contributed by atoms with Crippen molar-refractivity contribution >= 4 is 17.5 Å². The summed E-state index contributed by atoms with van der Waals surface area (Å²) in [6, 6.07) is 0. The molecule has 1 N–H and O–H groups in total. The Morgan fingerprint density at radius 1 is 1.14 bits per heavy atom. The number of carbonyl (C=O) groups excluding carboxylic acids is 2. The van der Waals surface area contributed by atoms with Crippen LogP contribution in [-0.2, 0) is 14.4 Å². The van der Waals surface area contributed by atoms with E-state index >= 15 is 0 Å². The number of rotatable bonds is 15. The summed E-state index contributed by atoms with van der Waals surface area (Å²) in [4.78, 5) is 34.8. The van der Waals surface area contributed by atoms with Gasteiger partial charge in [0.05, 0.1) is 6.42 Å². The standard InChI is InChI=1S/C22H36F2O4/c1-16(2)8-7-13-22(23,24)15-18(25)14-17-11-12-20(26)19(17)9-5-3-4-6-10-21(27)28/h16-17,19H,3-15H2,1-2H3,(H,27,28)/t17-,19+/m0/s1. The average Bonchev–Trinajstić information content (AvgIpc) is 2.89. The van der Waals surface area contributed by atoms with Gasteiger partial charge in [-0.05, 0) is 37.5 Å². The molecular weight excluding hydrogens is 366 g/mol. The molecule has 1 saturated carbocycles. The lowest BCUT2D eigenvalue weighted by molar-refractivity contribution is -0.137. The minimum absolute atomic E-state index is 0.0786. The Kier molecular flexibility index (Phi) is 10.8. The molecule has 4 nitrogen and oxygen atoms in total. The number of ketones is 2. The van der Waals surface area contributed by atoms with Crippen molar-refractivity contribution < 1.29 is 28.3 Å². The summed E-state index contributed by atoms with van der Waals surface area (Å²) in [5, 5.41) is 8.62. The van der Waals surface area contributed by atoms with Gasteiger partial charge in [-0.3, -0.25) is 14.4 Å². The average molecular weight is 403 g/mol. The van der Waals surface area contributed by atoms with E-state index in [9.17, 15) is 23.2 Å². The fraction of sp³-hybridized carbons (Fsp3) is 0.864. The van der Waals surface area contributed by atoms with Crippen molar-refractivity contribution in [1.29, 1.82) is 0 Å². The zero-order chi connectivity index (χ0) is 21.2. The Balaban J connectivity index is 2.36. The lowest BCUT2D eigenvalue weighted by Crippen LogP contribution is -2.24. The first-order chi connectivity index (χ1) is 13.1. The van der Waals surface area contributed by atoms with Crippen LogP contribution in [0.1, 0.15) is 97.3 Å². The lowest BCUT2D eigenvalue weighted by atomic mass is 9.85. The number of halogens is 2. The number of carboxylic acid groups (broad SMARTS) is 1. The summed E-state index contributed by atoms with van der Waals surface area (Å²) in [5.41, 5.74) is 0. The second kappa shape index (κ2) is 12.3. The van der Waals surface area contributed by atoms with Crippen LogP contribution in [0.25, 0.3) is 0 Å². The predicted octanol–water partition coefficient (Wildman–Crippen LogP) is 5.82. The summed E-state index contributed by atoms with van der Waals surface area (Å²) in [6.07, 6.45) is 5.25. The predicted molar refractivity (Wildman–Crippen MR) is 104 cm³/mol. The maximum absolute atomic E-state index is 14.0. The van der Waals surface area contributed by atoms with Gasteiger partial charge in [-0.15, -0.1) is 0 Å². The van der Waals surface area contributed by atoms with E-state index in [1.807, 2.05) is 13.8 Å². The molecule has 0 radical (unpaired) electrons. The summed E-state index contributed by atoms with van der Waals surface area (Å²) in [5.74, 6) is -3.96. The Labute approximate surface area is 167 Å². The molecule has 1 aliphatic rings. The monoisotopic (exact) mass is 402 g/mol. The van der Waals surface area contributed by atoms with Crippen LogP contribution < -0.4 is 0 Å². The summed E-state index contributed by atoms with van der Waals surface area (Å²) in [7, 11) is 0. The van der Waals surface area contributed by atoms with Gasteiger partial charge in [-0.2, -0.15) is 0 Å². The maximum Gasteiger partial charge on any atom is 0.303 e. The van der Waals surface area contributed by atoms with Crippen LogP contribution in [0.3, 0.4) is 0 Å². The first kappa shape index (κ1) is 24.7. The van der Waals surface area contributed by atoms with Crippen molar-refractivity contribution in [2.24, 2.45) is 17.8 Å². The van der Waals surface area contributed by atoms with E-state index in [1.165, 1.54) is 0 Å². The number of aliphatic carboxylic acids is 1. The fourth-order valence-corrected chi connectivity index (χ4v) is 4.12. The molecule has 28 heavy (non-hydrogen) atoms. The third-order valence-corrected chi connectivity index (χ3v) is 5.67. The molecule has 0 unspecified atom stereocenters. The molecule has 0 spiro atoms. The van der Waals surface area contributed by atoms with Gasteiger partial charge < -0.3 is 5.11 Å². The first-order valence-electron chi connectivity index (χ1n) is 10.7. The molecule has 0 aromatic heterocycles. The molecule has 162 valence electrons. The molecule has 0 heterocycles. The van der Waals surface area contributed by atoms with Gasteiger partial charge in [0.1, 0.15) is 11.6 Å². The third-order valence-electron chi connectivity index (χ3n) is 5.67. The van der Waals surface area contributed by atoms with Gasteiger partial charge in [0.15, 0.2) is 0 Å². The van der Waals surface area contributed by atoms with Crippen LogP contribution in [0, 0.1) is 17.8 Å². The number of Topliss-reactive ketones (excluding diaryl/α,β-unsaturated/α-hetero) is 2. The highest BCUT2D eigenvalue weighted by atomic mass is 19.3. The molecule has 0 aromatic rings. The van der Waals surface area contributed by atoms with Gasteiger partial charge in [0.2, 0.25) is 0 Å². The van der Waals surface area contributed by atoms with Crippen LogP contribution in [0.2, 0.25) is 0 Å². The van der Waals surface area contributed by atoms with Crippen LogP contribution in [-0.4, -0.2) is 28.6 Å². The smallest absolute Gasteiger partial charge is 0.303 e. The molecule has 6 heteroatoms. The molecule has 0 bridgehead atoms. The van der Waals surface area contributed by atoms with Crippen molar-refractivity contribution in [2.45, 2.75) is 103 Å². The van der Waals surface area contributed by atoms with Crippen molar-refractivity contribution in [3.63, 3.8) is 0 Å².